The fourth-order valence-corrected chi connectivity index (χ4v) is 4.90. The van der Waals surface area contributed by atoms with E-state index in [1.807, 2.05) is 43.3 Å². The highest BCUT2D eigenvalue weighted by Crippen LogP contribution is 2.31. The number of benzene rings is 3. The summed E-state index contributed by atoms with van der Waals surface area (Å²) in [5.41, 5.74) is 4.63. The van der Waals surface area contributed by atoms with Crippen molar-refractivity contribution >= 4 is 23.2 Å². The monoisotopic (exact) mass is 564 g/mol. The molecule has 0 unspecified atom stereocenters. The first-order valence-corrected chi connectivity index (χ1v) is 13.1. The molecular weight excluding hydrogens is 538 g/mol. The lowest BCUT2D eigenvalue weighted by atomic mass is 10.1. The number of halogens is 3. The molecule has 0 radical (unpaired) electrons. The Morgan fingerprint density at radius 3 is 2.40 bits per heavy atom. The van der Waals surface area contributed by atoms with Crippen molar-refractivity contribution in [3.63, 3.8) is 0 Å². The molecule has 40 heavy (non-hydrogen) atoms. The Morgan fingerprint density at radius 2 is 1.75 bits per heavy atom. The number of aryl methyl sites for hydroxylation is 1. The summed E-state index contributed by atoms with van der Waals surface area (Å²) in [6, 6.07) is 18.5. The summed E-state index contributed by atoms with van der Waals surface area (Å²) in [5.74, 6) is -3.60. The van der Waals surface area contributed by atoms with Gasteiger partial charge >= 0.3 is 0 Å². The van der Waals surface area contributed by atoms with Gasteiger partial charge in [-0.1, -0.05) is 36.4 Å². The normalized spacial score (nSPS) is 14.8. The highest BCUT2D eigenvalue weighted by molar-refractivity contribution is 6.28. The molecule has 0 spiro atoms. The number of aromatic hydroxyl groups is 2. The van der Waals surface area contributed by atoms with E-state index in [4.69, 9.17) is 11.6 Å². The summed E-state index contributed by atoms with van der Waals surface area (Å²) in [6.45, 7) is 2.59. The molecule has 1 amide bonds. The lowest BCUT2D eigenvalue weighted by Gasteiger charge is -2.24. The second kappa shape index (κ2) is 11.2. The number of phenolic OH excluding ortho intramolecular Hbond substituents is 2. The predicted molar refractivity (Wildman–Crippen MR) is 149 cm³/mol. The van der Waals surface area contributed by atoms with Crippen LogP contribution in [0.1, 0.15) is 33.5 Å². The molecule has 7 nitrogen and oxygen atoms in total. The predicted octanol–water partition coefficient (Wildman–Crippen LogP) is 6.20. The largest absolute Gasteiger partial charge is 0.508 e. The summed E-state index contributed by atoms with van der Waals surface area (Å²) in [4.78, 5) is 25.2. The Balaban J connectivity index is 1.42. The lowest BCUT2D eigenvalue weighted by Crippen LogP contribution is -2.30. The number of rotatable bonds is 7. The van der Waals surface area contributed by atoms with Gasteiger partial charge in [0.25, 0.3) is 11.8 Å². The maximum Gasteiger partial charge on any atom is 0.262 e. The van der Waals surface area contributed by atoms with Gasteiger partial charge < -0.3 is 15.1 Å². The van der Waals surface area contributed by atoms with Crippen LogP contribution in [0.15, 0.2) is 72.9 Å². The molecule has 3 aromatic carbocycles. The van der Waals surface area contributed by atoms with Crippen LogP contribution in [-0.2, 0) is 13.1 Å². The molecule has 2 heterocycles. The first-order chi connectivity index (χ1) is 19.1. The molecular formula is C30H27ClF2N4O3. The first-order valence-electron chi connectivity index (χ1n) is 12.7. The molecule has 2 N–H and O–H groups in total. The van der Waals surface area contributed by atoms with Crippen molar-refractivity contribution in [1.82, 2.24) is 14.9 Å². The Hall–Kier alpha value is -4.08. The molecule has 1 fully saturated rings. The summed E-state index contributed by atoms with van der Waals surface area (Å²) < 4.78 is 27.1. The lowest BCUT2D eigenvalue weighted by molar-refractivity contribution is 0.0115. The second-order valence-electron chi connectivity index (χ2n) is 9.94. The third-order valence-electron chi connectivity index (χ3n) is 6.87. The summed E-state index contributed by atoms with van der Waals surface area (Å²) in [6.07, 6.45) is 1.51. The van der Waals surface area contributed by atoms with Crippen LogP contribution >= 0.6 is 11.6 Å². The average Bonchev–Trinajstić information content (AvgIpc) is 3.27. The number of hydrogen-bond donors (Lipinski definition) is 2. The second-order valence-corrected chi connectivity index (χ2v) is 10.3. The van der Waals surface area contributed by atoms with Crippen LogP contribution in [0.5, 0.6) is 11.5 Å². The van der Waals surface area contributed by atoms with E-state index in [2.05, 4.69) is 9.97 Å². The number of hydrogen-bond acceptors (Lipinski definition) is 6. The van der Waals surface area contributed by atoms with Crippen molar-refractivity contribution < 1.29 is 23.8 Å². The molecule has 206 valence electrons. The molecule has 0 bridgehead atoms. The molecule has 0 atom stereocenters. The number of alkyl halides is 2. The van der Waals surface area contributed by atoms with Crippen molar-refractivity contribution in [2.75, 3.05) is 18.0 Å². The third kappa shape index (κ3) is 6.21. The van der Waals surface area contributed by atoms with Crippen LogP contribution in [0.2, 0.25) is 5.28 Å². The van der Waals surface area contributed by atoms with Crippen LogP contribution in [0.4, 0.5) is 14.5 Å². The number of carbonyl (C=O) groups is 1. The van der Waals surface area contributed by atoms with Crippen molar-refractivity contribution in [3.05, 3.63) is 100 Å². The molecule has 4 aromatic rings. The van der Waals surface area contributed by atoms with E-state index in [1.54, 1.807) is 23.2 Å². The van der Waals surface area contributed by atoms with Gasteiger partial charge in [0.2, 0.25) is 5.28 Å². The van der Waals surface area contributed by atoms with Crippen molar-refractivity contribution in [2.24, 2.45) is 0 Å². The van der Waals surface area contributed by atoms with E-state index in [0.29, 0.717) is 24.5 Å². The van der Waals surface area contributed by atoms with Gasteiger partial charge in [-0.25, -0.2) is 18.7 Å². The highest BCUT2D eigenvalue weighted by atomic mass is 35.5. The number of anilines is 1. The summed E-state index contributed by atoms with van der Waals surface area (Å²) in [5, 5.41) is 20.2. The zero-order valence-electron chi connectivity index (χ0n) is 21.7. The number of amides is 1. The van der Waals surface area contributed by atoms with Gasteiger partial charge in [-0.3, -0.25) is 9.69 Å². The van der Waals surface area contributed by atoms with Gasteiger partial charge in [0.1, 0.15) is 11.5 Å². The molecule has 1 saturated heterocycles. The van der Waals surface area contributed by atoms with Crippen LogP contribution < -0.4 is 4.90 Å². The van der Waals surface area contributed by atoms with E-state index in [9.17, 15) is 23.8 Å². The van der Waals surface area contributed by atoms with Gasteiger partial charge in [0.05, 0.1) is 24.3 Å². The van der Waals surface area contributed by atoms with Crippen LogP contribution in [0, 0.1) is 6.92 Å². The molecule has 1 aromatic heterocycles. The fourth-order valence-electron chi connectivity index (χ4n) is 4.77. The topological polar surface area (TPSA) is 89.8 Å². The Labute approximate surface area is 235 Å². The smallest absolute Gasteiger partial charge is 0.262 e. The molecule has 0 aliphatic carbocycles. The fraction of sp³-hybridized carbons (Fsp3) is 0.233. The van der Waals surface area contributed by atoms with E-state index in [-0.39, 0.29) is 41.9 Å². The maximum atomic E-state index is 13.7. The number of nitrogens with zero attached hydrogens (tertiary/aromatic N) is 4. The van der Waals surface area contributed by atoms with Gasteiger partial charge in [-0.05, 0) is 59.5 Å². The highest BCUT2D eigenvalue weighted by Gasteiger charge is 2.37. The van der Waals surface area contributed by atoms with Crippen LogP contribution in [0.3, 0.4) is 0 Å². The number of aromatic nitrogens is 2. The zero-order chi connectivity index (χ0) is 28.4. The van der Waals surface area contributed by atoms with Crippen molar-refractivity contribution in [2.45, 2.75) is 32.4 Å². The Bertz CT molecular complexity index is 1530. The van der Waals surface area contributed by atoms with E-state index in [1.165, 1.54) is 17.0 Å². The van der Waals surface area contributed by atoms with Gasteiger partial charge in [0.15, 0.2) is 0 Å². The molecule has 1 aliphatic rings. The zero-order valence-corrected chi connectivity index (χ0v) is 22.4. The van der Waals surface area contributed by atoms with E-state index < -0.39 is 11.8 Å². The molecule has 0 saturated carbocycles. The number of carbonyl (C=O) groups excluding carboxylic acids is 1. The minimum absolute atomic E-state index is 0.0342. The van der Waals surface area contributed by atoms with Gasteiger partial charge in [-0.2, -0.15) is 0 Å². The first kappa shape index (κ1) is 27.5. The Morgan fingerprint density at radius 1 is 1.05 bits per heavy atom. The SMILES string of the molecule is Cc1cnc(Cl)nc1-c1ccc(N(Cc2ccc(CN3CCC(F)(F)C3)cc2)C(=O)c2ccc(O)cc2O)cc1. The molecule has 5 rings (SSSR count). The van der Waals surface area contributed by atoms with Crippen molar-refractivity contribution in [1.29, 1.82) is 0 Å². The quantitative estimate of drug-likeness (QED) is 0.260. The Kier molecular flexibility index (Phi) is 7.69. The van der Waals surface area contributed by atoms with Crippen LogP contribution in [0.25, 0.3) is 11.3 Å². The summed E-state index contributed by atoms with van der Waals surface area (Å²) >= 11 is 5.99. The minimum atomic E-state index is -2.64. The third-order valence-corrected chi connectivity index (χ3v) is 7.05. The summed E-state index contributed by atoms with van der Waals surface area (Å²) in [7, 11) is 0. The maximum absolute atomic E-state index is 13.7. The van der Waals surface area contributed by atoms with Gasteiger partial charge in [0, 0.05) is 43.0 Å². The minimum Gasteiger partial charge on any atom is -0.508 e. The average molecular weight is 565 g/mol. The standard InChI is InChI=1S/C30H27ClF2N4O3/c1-19-15-34-29(31)35-27(19)22-6-8-23(9-7-22)37(28(40)25-11-10-24(38)14-26(25)39)17-21-4-2-20(3-5-21)16-36-13-12-30(32,33)18-36/h2-11,14-15,38-39H,12-13,16-18H2,1H3. The van der Waals surface area contributed by atoms with Gasteiger partial charge in [-0.15, -0.1) is 0 Å². The van der Waals surface area contributed by atoms with Crippen molar-refractivity contribution in [3.8, 4) is 22.8 Å². The van der Waals surface area contributed by atoms with E-state index in [0.717, 1.165) is 28.3 Å². The number of likely N-dealkylation sites (tertiary alicyclic amines) is 1. The molecule has 1 aliphatic heterocycles. The molecule has 10 heteroatoms. The number of phenols is 2. The van der Waals surface area contributed by atoms with Crippen LogP contribution in [-0.4, -0.2) is 50.0 Å². The van der Waals surface area contributed by atoms with E-state index >= 15 is 0 Å².